The Morgan fingerprint density at radius 1 is 1.13 bits per heavy atom. The van der Waals surface area contributed by atoms with Crippen LogP contribution >= 0.6 is 11.6 Å². The minimum Gasteiger partial charge on any atom is -0.319 e. The highest BCUT2D eigenvalue weighted by Crippen LogP contribution is 2.20. The second kappa shape index (κ2) is 6.66. The number of nitrogens with one attached hydrogen (secondary N) is 1. The standard InChI is InChI=1S/C15H14ClFN2O3S/c1-19(2)23(21,22)12-6-3-10(4-7-12)15(20)18-14-8-5-11(16)9-13(14)17/h3-9H,1-2H3,(H,18,20). The molecule has 0 unspecified atom stereocenters. The lowest BCUT2D eigenvalue weighted by Gasteiger charge is -2.12. The van der Waals surface area contributed by atoms with Crippen molar-refractivity contribution in [3.8, 4) is 0 Å². The van der Waals surface area contributed by atoms with Gasteiger partial charge in [0, 0.05) is 24.7 Å². The molecule has 1 N–H and O–H groups in total. The van der Waals surface area contributed by atoms with Gasteiger partial charge in [-0.2, -0.15) is 0 Å². The maximum Gasteiger partial charge on any atom is 0.255 e. The molecule has 8 heteroatoms. The lowest BCUT2D eigenvalue weighted by molar-refractivity contribution is 0.102. The smallest absolute Gasteiger partial charge is 0.255 e. The molecular weight excluding hydrogens is 343 g/mol. The average molecular weight is 357 g/mol. The Kier molecular flexibility index (Phi) is 5.03. The van der Waals surface area contributed by atoms with E-state index in [1.807, 2.05) is 0 Å². The summed E-state index contributed by atoms with van der Waals surface area (Å²) in [6.07, 6.45) is 0. The zero-order valence-electron chi connectivity index (χ0n) is 12.4. The predicted molar refractivity (Wildman–Crippen MR) is 86.7 cm³/mol. The minimum atomic E-state index is -3.56. The summed E-state index contributed by atoms with van der Waals surface area (Å²) < 4.78 is 38.6. The van der Waals surface area contributed by atoms with Crippen LogP contribution in [0.5, 0.6) is 0 Å². The van der Waals surface area contributed by atoms with E-state index in [-0.39, 0.29) is 21.2 Å². The molecule has 0 radical (unpaired) electrons. The van der Waals surface area contributed by atoms with E-state index in [2.05, 4.69) is 5.32 Å². The summed E-state index contributed by atoms with van der Waals surface area (Å²) in [6, 6.07) is 9.25. The Labute approximate surface area is 138 Å². The first-order valence-corrected chi connectivity index (χ1v) is 8.32. The molecule has 0 aliphatic rings. The summed E-state index contributed by atoms with van der Waals surface area (Å²) in [7, 11) is -0.731. The molecule has 0 spiro atoms. The zero-order valence-corrected chi connectivity index (χ0v) is 14.0. The molecule has 0 saturated heterocycles. The molecule has 0 aliphatic heterocycles. The second-order valence-electron chi connectivity index (χ2n) is 4.89. The van der Waals surface area contributed by atoms with Gasteiger partial charge in [0.25, 0.3) is 5.91 Å². The highest BCUT2D eigenvalue weighted by atomic mass is 35.5. The molecule has 5 nitrogen and oxygen atoms in total. The van der Waals surface area contributed by atoms with Gasteiger partial charge in [0.05, 0.1) is 10.6 Å². The topological polar surface area (TPSA) is 66.5 Å². The van der Waals surface area contributed by atoms with Crippen LogP contribution in [-0.2, 0) is 10.0 Å². The molecule has 0 aliphatic carbocycles. The number of hydrogen-bond acceptors (Lipinski definition) is 3. The lowest BCUT2D eigenvalue weighted by Crippen LogP contribution is -2.22. The van der Waals surface area contributed by atoms with Crippen molar-refractivity contribution in [2.75, 3.05) is 19.4 Å². The molecule has 0 bridgehead atoms. The van der Waals surface area contributed by atoms with Gasteiger partial charge in [-0.3, -0.25) is 4.79 Å². The Morgan fingerprint density at radius 2 is 1.74 bits per heavy atom. The SMILES string of the molecule is CN(C)S(=O)(=O)c1ccc(C(=O)Nc2ccc(Cl)cc2F)cc1. The number of halogens is 2. The molecule has 23 heavy (non-hydrogen) atoms. The van der Waals surface area contributed by atoms with Crippen LogP contribution in [0, 0.1) is 5.82 Å². The highest BCUT2D eigenvalue weighted by molar-refractivity contribution is 7.89. The van der Waals surface area contributed by atoms with Gasteiger partial charge in [-0.25, -0.2) is 17.1 Å². The molecule has 0 fully saturated rings. The number of rotatable bonds is 4. The normalized spacial score (nSPS) is 11.5. The summed E-state index contributed by atoms with van der Waals surface area (Å²) in [6.45, 7) is 0. The molecule has 0 saturated carbocycles. The molecule has 0 atom stereocenters. The van der Waals surface area contributed by atoms with Gasteiger partial charge in [-0.05, 0) is 42.5 Å². The molecule has 2 aromatic rings. The average Bonchev–Trinajstić information content (AvgIpc) is 2.50. The molecular formula is C15H14ClFN2O3S. The fraction of sp³-hybridized carbons (Fsp3) is 0.133. The quantitative estimate of drug-likeness (QED) is 0.915. The van der Waals surface area contributed by atoms with Crippen molar-refractivity contribution < 1.29 is 17.6 Å². The van der Waals surface area contributed by atoms with Crippen molar-refractivity contribution in [3.05, 3.63) is 58.9 Å². The molecule has 122 valence electrons. The Bertz CT molecular complexity index is 836. The van der Waals surface area contributed by atoms with Crippen LogP contribution in [0.2, 0.25) is 5.02 Å². The van der Waals surface area contributed by atoms with E-state index >= 15 is 0 Å². The van der Waals surface area contributed by atoms with Gasteiger partial charge in [-0.15, -0.1) is 0 Å². The minimum absolute atomic E-state index is 0.00982. The summed E-state index contributed by atoms with van der Waals surface area (Å²) in [5.41, 5.74) is 0.196. The van der Waals surface area contributed by atoms with E-state index in [0.29, 0.717) is 0 Å². The van der Waals surface area contributed by atoms with Crippen LogP contribution in [0.25, 0.3) is 0 Å². The van der Waals surface area contributed by atoms with Crippen LogP contribution in [0.1, 0.15) is 10.4 Å². The first-order chi connectivity index (χ1) is 10.7. The van der Waals surface area contributed by atoms with E-state index in [9.17, 15) is 17.6 Å². The van der Waals surface area contributed by atoms with E-state index in [0.717, 1.165) is 10.4 Å². The van der Waals surface area contributed by atoms with Gasteiger partial charge in [-0.1, -0.05) is 11.6 Å². The van der Waals surface area contributed by atoms with E-state index < -0.39 is 21.7 Å². The van der Waals surface area contributed by atoms with Crippen LogP contribution < -0.4 is 5.32 Å². The van der Waals surface area contributed by atoms with Gasteiger partial charge in [0.1, 0.15) is 5.82 Å². The monoisotopic (exact) mass is 356 g/mol. The third-order valence-electron chi connectivity index (χ3n) is 3.07. The largest absolute Gasteiger partial charge is 0.319 e. The van der Waals surface area contributed by atoms with E-state index in [1.54, 1.807) is 0 Å². The number of hydrogen-bond donors (Lipinski definition) is 1. The first kappa shape index (κ1) is 17.4. The maximum atomic E-state index is 13.7. The number of carbonyl (C=O) groups is 1. The fourth-order valence-corrected chi connectivity index (χ4v) is 2.83. The Hall–Kier alpha value is -1.96. The van der Waals surface area contributed by atoms with Crippen molar-refractivity contribution in [2.45, 2.75) is 4.90 Å². The number of benzene rings is 2. The number of sulfonamides is 1. The first-order valence-electron chi connectivity index (χ1n) is 6.51. The highest BCUT2D eigenvalue weighted by Gasteiger charge is 2.17. The van der Waals surface area contributed by atoms with Crippen molar-refractivity contribution in [2.24, 2.45) is 0 Å². The number of amides is 1. The summed E-state index contributed by atoms with van der Waals surface area (Å²) >= 11 is 5.64. The number of nitrogens with zero attached hydrogens (tertiary/aromatic N) is 1. The van der Waals surface area contributed by atoms with Crippen LogP contribution in [-0.4, -0.2) is 32.7 Å². The van der Waals surface area contributed by atoms with Crippen molar-refractivity contribution in [3.63, 3.8) is 0 Å². The second-order valence-corrected chi connectivity index (χ2v) is 7.48. The molecule has 2 aromatic carbocycles. The predicted octanol–water partition coefficient (Wildman–Crippen LogP) is 2.98. The van der Waals surface area contributed by atoms with Crippen LogP contribution in [0.4, 0.5) is 10.1 Å². The van der Waals surface area contributed by atoms with Crippen LogP contribution in [0.3, 0.4) is 0 Å². The van der Waals surface area contributed by atoms with Gasteiger partial charge in [0.2, 0.25) is 10.0 Å². The number of anilines is 1. The summed E-state index contributed by atoms with van der Waals surface area (Å²) in [5.74, 6) is -1.21. The third kappa shape index (κ3) is 3.87. The fourth-order valence-electron chi connectivity index (χ4n) is 1.77. The Balaban J connectivity index is 2.21. The van der Waals surface area contributed by atoms with Crippen molar-refractivity contribution in [1.82, 2.24) is 4.31 Å². The zero-order chi connectivity index (χ0) is 17.2. The molecule has 2 rings (SSSR count). The lowest BCUT2D eigenvalue weighted by atomic mass is 10.2. The molecule has 0 aromatic heterocycles. The van der Waals surface area contributed by atoms with Gasteiger partial charge < -0.3 is 5.32 Å². The maximum absolute atomic E-state index is 13.7. The van der Waals surface area contributed by atoms with Gasteiger partial charge >= 0.3 is 0 Å². The van der Waals surface area contributed by atoms with Crippen LogP contribution in [0.15, 0.2) is 47.4 Å². The molecule has 1 amide bonds. The van der Waals surface area contributed by atoms with E-state index in [4.69, 9.17) is 11.6 Å². The Morgan fingerprint density at radius 3 is 2.26 bits per heavy atom. The summed E-state index contributed by atoms with van der Waals surface area (Å²) in [5, 5.41) is 2.62. The third-order valence-corrected chi connectivity index (χ3v) is 5.14. The van der Waals surface area contributed by atoms with Crippen molar-refractivity contribution >= 4 is 33.2 Å². The summed E-state index contributed by atoms with van der Waals surface area (Å²) in [4.78, 5) is 12.1. The van der Waals surface area contributed by atoms with Gasteiger partial charge in [0.15, 0.2) is 0 Å². The van der Waals surface area contributed by atoms with E-state index in [1.165, 1.54) is 50.5 Å². The number of carbonyl (C=O) groups excluding carboxylic acids is 1. The van der Waals surface area contributed by atoms with Crippen molar-refractivity contribution in [1.29, 1.82) is 0 Å². The molecule has 0 heterocycles.